The molecule has 0 radical (unpaired) electrons. The second-order valence-corrected chi connectivity index (χ2v) is 4.96. The number of carbonyl (C=O) groups excluding carboxylic acids is 1. The van der Waals surface area contributed by atoms with Crippen LogP contribution in [0, 0.1) is 5.41 Å². The molecule has 1 heterocycles. The Morgan fingerprint density at radius 2 is 2.20 bits per heavy atom. The van der Waals surface area contributed by atoms with E-state index >= 15 is 0 Å². The largest absolute Gasteiger partial charge is 0.329 e. The fourth-order valence-corrected chi connectivity index (χ4v) is 1.48. The van der Waals surface area contributed by atoms with Crippen LogP contribution in [0.5, 0.6) is 0 Å². The van der Waals surface area contributed by atoms with Crippen LogP contribution >= 0.6 is 11.3 Å². The summed E-state index contributed by atoms with van der Waals surface area (Å²) in [5.74, 6) is -0.121. The Morgan fingerprint density at radius 3 is 2.67 bits per heavy atom. The van der Waals surface area contributed by atoms with Crippen molar-refractivity contribution in [3.8, 4) is 0 Å². The summed E-state index contributed by atoms with van der Waals surface area (Å²) < 4.78 is 0. The van der Waals surface area contributed by atoms with E-state index in [-0.39, 0.29) is 5.91 Å². The predicted octanol–water partition coefficient (Wildman–Crippen LogP) is 1.02. The van der Waals surface area contributed by atoms with Crippen LogP contribution in [-0.2, 0) is 11.2 Å². The van der Waals surface area contributed by atoms with Gasteiger partial charge in [-0.1, -0.05) is 18.3 Å². The molecule has 0 aliphatic heterocycles. The van der Waals surface area contributed by atoms with Gasteiger partial charge in [-0.25, -0.2) is 0 Å². The number of aromatic nitrogens is 2. The first-order valence-electron chi connectivity index (χ1n) is 4.83. The van der Waals surface area contributed by atoms with Crippen molar-refractivity contribution in [2.45, 2.75) is 27.2 Å². The van der Waals surface area contributed by atoms with E-state index in [1.165, 1.54) is 11.3 Å². The SMILES string of the molecule is CCc1nnc(NC(=O)C(C)(C)CN)s1. The number of nitrogens with two attached hydrogens (primary N) is 1. The van der Waals surface area contributed by atoms with Gasteiger partial charge in [0.25, 0.3) is 0 Å². The summed E-state index contributed by atoms with van der Waals surface area (Å²) in [7, 11) is 0. The zero-order chi connectivity index (χ0) is 11.5. The fourth-order valence-electron chi connectivity index (χ4n) is 0.806. The van der Waals surface area contributed by atoms with Crippen molar-refractivity contribution >= 4 is 22.4 Å². The summed E-state index contributed by atoms with van der Waals surface area (Å²) in [5.41, 5.74) is 4.93. The van der Waals surface area contributed by atoms with Crippen molar-refractivity contribution in [1.29, 1.82) is 0 Å². The Hall–Kier alpha value is -1.01. The minimum atomic E-state index is -0.571. The molecule has 1 aromatic heterocycles. The molecule has 0 atom stereocenters. The van der Waals surface area contributed by atoms with Crippen molar-refractivity contribution < 1.29 is 4.79 Å². The van der Waals surface area contributed by atoms with E-state index in [2.05, 4.69) is 15.5 Å². The van der Waals surface area contributed by atoms with Gasteiger partial charge in [0.15, 0.2) is 0 Å². The Labute approximate surface area is 93.1 Å². The summed E-state index contributed by atoms with van der Waals surface area (Å²) in [4.78, 5) is 11.7. The van der Waals surface area contributed by atoms with E-state index in [1.807, 2.05) is 6.92 Å². The molecule has 0 unspecified atom stereocenters. The first-order chi connectivity index (χ1) is 6.99. The molecule has 3 N–H and O–H groups in total. The lowest BCUT2D eigenvalue weighted by atomic mass is 9.93. The molecule has 0 spiro atoms. The number of carbonyl (C=O) groups is 1. The third kappa shape index (κ3) is 2.97. The summed E-state index contributed by atoms with van der Waals surface area (Å²) in [6.45, 7) is 5.89. The van der Waals surface area contributed by atoms with Gasteiger partial charge in [0.2, 0.25) is 11.0 Å². The smallest absolute Gasteiger partial charge is 0.233 e. The van der Waals surface area contributed by atoms with Crippen molar-refractivity contribution in [2.75, 3.05) is 11.9 Å². The second-order valence-electron chi connectivity index (χ2n) is 3.90. The average Bonchev–Trinajstić information content (AvgIpc) is 2.65. The normalized spacial score (nSPS) is 11.5. The minimum absolute atomic E-state index is 0.121. The zero-order valence-electron chi connectivity index (χ0n) is 9.20. The van der Waals surface area contributed by atoms with E-state index in [1.54, 1.807) is 13.8 Å². The molecule has 0 saturated heterocycles. The van der Waals surface area contributed by atoms with Crippen LogP contribution in [0.25, 0.3) is 0 Å². The topological polar surface area (TPSA) is 80.9 Å². The van der Waals surface area contributed by atoms with Crippen LogP contribution < -0.4 is 11.1 Å². The molecule has 1 aromatic rings. The molecule has 0 fully saturated rings. The third-order valence-electron chi connectivity index (χ3n) is 2.11. The first kappa shape index (κ1) is 12.1. The highest BCUT2D eigenvalue weighted by molar-refractivity contribution is 7.15. The minimum Gasteiger partial charge on any atom is -0.329 e. The van der Waals surface area contributed by atoms with Gasteiger partial charge >= 0.3 is 0 Å². The van der Waals surface area contributed by atoms with Crippen LogP contribution in [0.15, 0.2) is 0 Å². The Kier molecular flexibility index (Phi) is 3.76. The van der Waals surface area contributed by atoms with Gasteiger partial charge in [-0.05, 0) is 20.3 Å². The molecule has 6 heteroatoms. The van der Waals surface area contributed by atoms with Gasteiger partial charge in [0.1, 0.15) is 5.01 Å². The van der Waals surface area contributed by atoms with E-state index in [4.69, 9.17) is 5.73 Å². The van der Waals surface area contributed by atoms with Crippen LogP contribution in [0.1, 0.15) is 25.8 Å². The average molecular weight is 228 g/mol. The maximum absolute atomic E-state index is 11.7. The van der Waals surface area contributed by atoms with E-state index in [0.29, 0.717) is 11.7 Å². The van der Waals surface area contributed by atoms with Gasteiger partial charge in [-0.3, -0.25) is 4.79 Å². The number of nitrogens with one attached hydrogen (secondary N) is 1. The van der Waals surface area contributed by atoms with Gasteiger partial charge in [-0.15, -0.1) is 10.2 Å². The quantitative estimate of drug-likeness (QED) is 0.806. The van der Waals surface area contributed by atoms with Crippen molar-refractivity contribution in [2.24, 2.45) is 11.1 Å². The molecule has 84 valence electrons. The van der Waals surface area contributed by atoms with Crippen molar-refractivity contribution in [3.05, 3.63) is 5.01 Å². The standard InChI is InChI=1S/C9H16N4OS/c1-4-6-12-13-8(15-6)11-7(14)9(2,3)5-10/h4-5,10H2,1-3H3,(H,11,13,14). The molecule has 0 aliphatic carbocycles. The van der Waals surface area contributed by atoms with Gasteiger partial charge in [-0.2, -0.15) is 0 Å². The molecule has 0 aliphatic rings. The number of hydrogen-bond donors (Lipinski definition) is 2. The fraction of sp³-hybridized carbons (Fsp3) is 0.667. The van der Waals surface area contributed by atoms with E-state index < -0.39 is 5.41 Å². The molecule has 0 aromatic carbocycles. The van der Waals surface area contributed by atoms with Crippen LogP contribution in [0.2, 0.25) is 0 Å². The van der Waals surface area contributed by atoms with Gasteiger partial charge in [0.05, 0.1) is 5.41 Å². The summed E-state index contributed by atoms with van der Waals surface area (Å²) in [6.07, 6.45) is 0.827. The molecule has 1 rings (SSSR count). The van der Waals surface area contributed by atoms with Crippen LogP contribution in [0.4, 0.5) is 5.13 Å². The van der Waals surface area contributed by atoms with Gasteiger partial charge in [0, 0.05) is 6.54 Å². The highest BCUT2D eigenvalue weighted by Gasteiger charge is 2.26. The molecule has 1 amide bonds. The highest BCUT2D eigenvalue weighted by Crippen LogP contribution is 2.20. The zero-order valence-corrected chi connectivity index (χ0v) is 10.0. The number of hydrogen-bond acceptors (Lipinski definition) is 5. The number of nitrogens with zero attached hydrogens (tertiary/aromatic N) is 2. The van der Waals surface area contributed by atoms with E-state index in [9.17, 15) is 4.79 Å². The Balaban J connectivity index is 2.66. The molecular weight excluding hydrogens is 212 g/mol. The number of anilines is 1. The maximum Gasteiger partial charge on any atom is 0.233 e. The number of rotatable bonds is 4. The summed E-state index contributed by atoms with van der Waals surface area (Å²) in [5, 5.41) is 12.0. The first-order valence-corrected chi connectivity index (χ1v) is 5.65. The molecule has 0 bridgehead atoms. The van der Waals surface area contributed by atoms with Gasteiger partial charge < -0.3 is 11.1 Å². The van der Waals surface area contributed by atoms with E-state index in [0.717, 1.165) is 11.4 Å². The molecular formula is C9H16N4OS. The summed E-state index contributed by atoms with van der Waals surface area (Å²) >= 11 is 1.39. The monoisotopic (exact) mass is 228 g/mol. The lowest BCUT2D eigenvalue weighted by Gasteiger charge is -2.19. The maximum atomic E-state index is 11.7. The Morgan fingerprint density at radius 1 is 1.53 bits per heavy atom. The molecule has 5 nitrogen and oxygen atoms in total. The van der Waals surface area contributed by atoms with Crippen molar-refractivity contribution in [1.82, 2.24) is 10.2 Å². The third-order valence-corrected chi connectivity index (χ3v) is 3.10. The van der Waals surface area contributed by atoms with Crippen LogP contribution in [-0.4, -0.2) is 22.6 Å². The lowest BCUT2D eigenvalue weighted by molar-refractivity contribution is -0.123. The highest BCUT2D eigenvalue weighted by atomic mass is 32.1. The number of amides is 1. The number of aryl methyl sites for hydroxylation is 1. The Bertz CT molecular complexity index is 348. The predicted molar refractivity (Wildman–Crippen MR) is 60.8 cm³/mol. The second kappa shape index (κ2) is 4.67. The van der Waals surface area contributed by atoms with Crippen molar-refractivity contribution in [3.63, 3.8) is 0 Å². The van der Waals surface area contributed by atoms with Crippen LogP contribution in [0.3, 0.4) is 0 Å². The molecule has 15 heavy (non-hydrogen) atoms. The molecule has 0 saturated carbocycles. The lowest BCUT2D eigenvalue weighted by Crippen LogP contribution is -2.37. The summed E-state index contributed by atoms with van der Waals surface area (Å²) in [6, 6.07) is 0.